The van der Waals surface area contributed by atoms with Crippen LogP contribution in [0.5, 0.6) is 0 Å². The van der Waals surface area contributed by atoms with Crippen LogP contribution in [0, 0.1) is 0 Å². The zero-order valence-electron chi connectivity index (χ0n) is 17.0. The molecule has 1 aromatic rings. The zero-order valence-corrected chi connectivity index (χ0v) is 17.0. The lowest BCUT2D eigenvalue weighted by Crippen LogP contribution is -2.35. The minimum Gasteiger partial charge on any atom is -0.468 e. The van der Waals surface area contributed by atoms with Crippen molar-refractivity contribution in [2.24, 2.45) is 0 Å². The molecule has 0 aliphatic carbocycles. The van der Waals surface area contributed by atoms with Crippen molar-refractivity contribution in [1.82, 2.24) is 5.32 Å². The Kier molecular flexibility index (Phi) is 10.7. The van der Waals surface area contributed by atoms with E-state index in [1.54, 1.807) is 0 Å². The molecule has 1 aromatic carbocycles. The highest BCUT2D eigenvalue weighted by atomic mass is 16.6. The number of benzene rings is 1. The molecule has 0 amide bonds. The van der Waals surface area contributed by atoms with E-state index < -0.39 is 5.60 Å². The number of hydrogen-bond acceptors (Lipinski definition) is 6. The molecule has 1 atom stereocenters. The number of hydrogen-bond donors (Lipinski definition) is 1. The third kappa shape index (κ3) is 12.2. The Morgan fingerprint density at radius 2 is 1.78 bits per heavy atom. The molecular formula is C21H33NO5. The van der Waals surface area contributed by atoms with Crippen LogP contribution in [0.1, 0.15) is 52.0 Å². The van der Waals surface area contributed by atoms with Gasteiger partial charge < -0.3 is 19.5 Å². The first-order valence-electron chi connectivity index (χ1n) is 9.44. The maximum absolute atomic E-state index is 11.9. The molecular weight excluding hydrogens is 346 g/mol. The van der Waals surface area contributed by atoms with Crippen molar-refractivity contribution in [2.45, 2.75) is 64.7 Å². The molecule has 152 valence electrons. The summed E-state index contributed by atoms with van der Waals surface area (Å²) >= 11 is 0. The fourth-order valence-corrected chi connectivity index (χ4v) is 2.53. The Labute approximate surface area is 162 Å². The topological polar surface area (TPSA) is 73.9 Å². The average molecular weight is 379 g/mol. The summed E-state index contributed by atoms with van der Waals surface area (Å²) in [5.41, 5.74) is 0.653. The average Bonchev–Trinajstić information content (AvgIpc) is 2.62. The molecule has 27 heavy (non-hydrogen) atoms. The Morgan fingerprint density at radius 1 is 1.07 bits per heavy atom. The molecule has 0 bridgehead atoms. The van der Waals surface area contributed by atoms with Crippen LogP contribution in [0.25, 0.3) is 0 Å². The highest BCUT2D eigenvalue weighted by Gasteiger charge is 2.18. The largest absolute Gasteiger partial charge is 0.468 e. The third-order valence-electron chi connectivity index (χ3n) is 3.83. The Bertz CT molecular complexity index is 553. The number of methoxy groups -OCH3 is 1. The van der Waals surface area contributed by atoms with Gasteiger partial charge in [0.15, 0.2) is 0 Å². The molecule has 6 heteroatoms. The van der Waals surface area contributed by atoms with Crippen molar-refractivity contribution < 1.29 is 23.8 Å². The minimum atomic E-state index is -0.489. The van der Waals surface area contributed by atoms with Crippen LogP contribution in [0.2, 0.25) is 0 Å². The molecule has 6 nitrogen and oxygen atoms in total. The second-order valence-electron chi connectivity index (χ2n) is 7.46. The molecule has 1 rings (SSSR count). The van der Waals surface area contributed by atoms with Gasteiger partial charge in [0, 0.05) is 19.1 Å². The molecule has 0 radical (unpaired) electrons. The van der Waals surface area contributed by atoms with Gasteiger partial charge in [-0.05, 0) is 45.6 Å². The van der Waals surface area contributed by atoms with Gasteiger partial charge in [-0.25, -0.2) is 0 Å². The molecule has 0 saturated heterocycles. The van der Waals surface area contributed by atoms with E-state index in [0.717, 1.165) is 18.4 Å². The molecule has 0 saturated carbocycles. The highest BCUT2D eigenvalue weighted by Crippen LogP contribution is 2.12. The number of carbonyl (C=O) groups excluding carboxylic acids is 2. The third-order valence-corrected chi connectivity index (χ3v) is 3.83. The summed E-state index contributed by atoms with van der Waals surface area (Å²) in [6.45, 7) is 6.88. The standard InChI is InChI=1S/C21H33NO5/c1-21(2,3)27-19(23)13-12-18(22-15-20(24)25-4)11-8-14-26-16-17-9-6-5-7-10-17/h5-7,9-10,18,22H,8,11-16H2,1-4H3. The van der Waals surface area contributed by atoms with Gasteiger partial charge in [0.2, 0.25) is 0 Å². The minimum absolute atomic E-state index is 0.0249. The van der Waals surface area contributed by atoms with Crippen LogP contribution in [0.4, 0.5) is 0 Å². The first kappa shape index (κ1) is 23.1. The molecule has 0 fully saturated rings. The number of carbonyl (C=O) groups is 2. The summed E-state index contributed by atoms with van der Waals surface area (Å²) < 4.78 is 15.7. The van der Waals surface area contributed by atoms with Gasteiger partial charge in [0.25, 0.3) is 0 Å². The molecule has 0 aromatic heterocycles. The van der Waals surface area contributed by atoms with Crippen molar-refractivity contribution in [3.8, 4) is 0 Å². The molecule has 1 unspecified atom stereocenters. The van der Waals surface area contributed by atoms with Crippen molar-refractivity contribution in [2.75, 3.05) is 20.3 Å². The van der Waals surface area contributed by atoms with Crippen LogP contribution in [0.3, 0.4) is 0 Å². The Hall–Kier alpha value is -1.92. The summed E-state index contributed by atoms with van der Waals surface area (Å²) in [6.07, 6.45) is 2.54. The van der Waals surface area contributed by atoms with E-state index in [2.05, 4.69) is 10.1 Å². The van der Waals surface area contributed by atoms with Crippen molar-refractivity contribution in [3.05, 3.63) is 35.9 Å². The van der Waals surface area contributed by atoms with Crippen molar-refractivity contribution in [3.63, 3.8) is 0 Å². The van der Waals surface area contributed by atoms with Gasteiger partial charge in [0.1, 0.15) is 5.60 Å². The quantitative estimate of drug-likeness (QED) is 0.444. The summed E-state index contributed by atoms with van der Waals surface area (Å²) in [5, 5.41) is 3.16. The lowest BCUT2D eigenvalue weighted by Gasteiger charge is -2.21. The zero-order chi connectivity index (χ0) is 20.1. The van der Waals surface area contributed by atoms with E-state index in [1.807, 2.05) is 51.1 Å². The fraction of sp³-hybridized carbons (Fsp3) is 0.619. The summed E-state index contributed by atoms with van der Waals surface area (Å²) in [6, 6.07) is 10.0. The van der Waals surface area contributed by atoms with Gasteiger partial charge in [-0.15, -0.1) is 0 Å². The molecule has 0 heterocycles. The molecule has 0 aliphatic rings. The highest BCUT2D eigenvalue weighted by molar-refractivity contribution is 5.71. The van der Waals surface area contributed by atoms with E-state index >= 15 is 0 Å². The predicted octanol–water partition coefficient (Wildman–Crippen LogP) is 3.24. The van der Waals surface area contributed by atoms with Crippen LogP contribution in [0.15, 0.2) is 30.3 Å². The first-order valence-corrected chi connectivity index (χ1v) is 9.44. The normalized spacial score (nSPS) is 12.4. The lowest BCUT2D eigenvalue weighted by atomic mass is 10.1. The smallest absolute Gasteiger partial charge is 0.319 e. The molecule has 1 N–H and O–H groups in total. The fourth-order valence-electron chi connectivity index (χ4n) is 2.53. The second-order valence-corrected chi connectivity index (χ2v) is 7.46. The first-order chi connectivity index (χ1) is 12.8. The summed E-state index contributed by atoms with van der Waals surface area (Å²) in [5.74, 6) is -0.551. The van der Waals surface area contributed by atoms with E-state index in [1.165, 1.54) is 7.11 Å². The van der Waals surface area contributed by atoms with E-state index in [4.69, 9.17) is 9.47 Å². The maximum Gasteiger partial charge on any atom is 0.319 e. The molecule has 0 aliphatic heterocycles. The van der Waals surface area contributed by atoms with Gasteiger partial charge in [0.05, 0.1) is 20.3 Å². The number of esters is 2. The summed E-state index contributed by atoms with van der Waals surface area (Å²) in [7, 11) is 1.36. The van der Waals surface area contributed by atoms with Crippen LogP contribution < -0.4 is 5.32 Å². The Morgan fingerprint density at radius 3 is 2.41 bits per heavy atom. The van der Waals surface area contributed by atoms with Gasteiger partial charge in [-0.3, -0.25) is 9.59 Å². The van der Waals surface area contributed by atoms with Crippen LogP contribution >= 0.6 is 0 Å². The predicted molar refractivity (Wildman–Crippen MR) is 104 cm³/mol. The second kappa shape index (κ2) is 12.5. The van der Waals surface area contributed by atoms with Crippen LogP contribution in [-0.4, -0.2) is 43.8 Å². The Balaban J connectivity index is 2.34. The lowest BCUT2D eigenvalue weighted by molar-refractivity contribution is -0.155. The SMILES string of the molecule is COC(=O)CNC(CCCOCc1ccccc1)CCC(=O)OC(C)(C)C. The molecule has 0 spiro atoms. The van der Waals surface area contributed by atoms with Crippen molar-refractivity contribution in [1.29, 1.82) is 0 Å². The monoisotopic (exact) mass is 379 g/mol. The van der Waals surface area contributed by atoms with Crippen molar-refractivity contribution >= 4 is 11.9 Å². The maximum atomic E-state index is 11.9. The van der Waals surface area contributed by atoms with Crippen LogP contribution in [-0.2, 0) is 30.4 Å². The number of rotatable bonds is 12. The van der Waals surface area contributed by atoms with E-state index in [0.29, 0.717) is 26.1 Å². The van der Waals surface area contributed by atoms with Gasteiger partial charge in [-0.2, -0.15) is 0 Å². The summed E-state index contributed by atoms with van der Waals surface area (Å²) in [4.78, 5) is 23.3. The number of ether oxygens (including phenoxy) is 3. The van der Waals surface area contributed by atoms with E-state index in [-0.39, 0.29) is 24.5 Å². The number of nitrogens with one attached hydrogen (secondary N) is 1. The van der Waals surface area contributed by atoms with Gasteiger partial charge in [-0.1, -0.05) is 30.3 Å². The van der Waals surface area contributed by atoms with E-state index in [9.17, 15) is 9.59 Å². The van der Waals surface area contributed by atoms with Gasteiger partial charge >= 0.3 is 11.9 Å².